The number of benzene rings is 2. The van der Waals surface area contributed by atoms with Crippen molar-refractivity contribution in [3.05, 3.63) is 65.7 Å². The Kier molecular flexibility index (Phi) is 7.51. The SMILES string of the molecule is CC(C)[C@@H](N)C(=O)Nc1ncnc2c1ncn2-c1ccc(NC(=O)Nc2ccc(Cl)c(C(F)(F)F)c2)cc1. The second-order valence-corrected chi connectivity index (χ2v) is 8.99. The van der Waals surface area contributed by atoms with Gasteiger partial charge in [0.1, 0.15) is 12.7 Å². The van der Waals surface area contributed by atoms with Crippen molar-refractivity contribution in [3.8, 4) is 5.69 Å². The Morgan fingerprint density at radius 3 is 2.29 bits per heavy atom. The summed E-state index contributed by atoms with van der Waals surface area (Å²) < 4.78 is 40.8. The van der Waals surface area contributed by atoms with Crippen molar-refractivity contribution in [2.75, 3.05) is 16.0 Å². The van der Waals surface area contributed by atoms with Crippen LogP contribution in [-0.2, 0) is 11.0 Å². The fourth-order valence-electron chi connectivity index (χ4n) is 3.44. The van der Waals surface area contributed by atoms with Gasteiger partial charge in [-0.05, 0) is 48.4 Å². The standard InChI is InChI=1S/C24H22ClF3N8O2/c1-12(2)18(29)22(37)35-20-19-21(31-10-30-20)36(11-32-19)15-6-3-13(4-7-15)33-23(38)34-14-5-8-17(25)16(9-14)24(26,27)28/h3-12,18H,29H2,1-2H3,(H2,33,34,38)(H,30,31,35,37)/t18-/m1/s1. The van der Waals surface area contributed by atoms with Crippen LogP contribution in [-0.4, -0.2) is 37.5 Å². The molecule has 0 aliphatic carbocycles. The van der Waals surface area contributed by atoms with Gasteiger partial charge in [0.15, 0.2) is 17.0 Å². The van der Waals surface area contributed by atoms with E-state index in [-0.39, 0.29) is 17.4 Å². The molecule has 5 N–H and O–H groups in total. The van der Waals surface area contributed by atoms with Gasteiger partial charge >= 0.3 is 12.2 Å². The molecule has 4 aromatic rings. The monoisotopic (exact) mass is 546 g/mol. The van der Waals surface area contributed by atoms with Gasteiger partial charge < -0.3 is 21.7 Å². The molecule has 10 nitrogen and oxygen atoms in total. The van der Waals surface area contributed by atoms with E-state index in [2.05, 4.69) is 30.9 Å². The van der Waals surface area contributed by atoms with Crippen molar-refractivity contribution in [3.63, 3.8) is 0 Å². The number of hydrogen-bond donors (Lipinski definition) is 4. The molecule has 2 aromatic heterocycles. The molecule has 0 spiro atoms. The number of aromatic nitrogens is 4. The summed E-state index contributed by atoms with van der Waals surface area (Å²) in [6.07, 6.45) is -1.86. The number of alkyl halides is 3. The number of carbonyl (C=O) groups excluding carboxylic acids is 2. The summed E-state index contributed by atoms with van der Waals surface area (Å²) in [4.78, 5) is 37.4. The van der Waals surface area contributed by atoms with Gasteiger partial charge in [0.25, 0.3) is 0 Å². The normalized spacial score (nSPS) is 12.4. The topological polar surface area (TPSA) is 140 Å². The van der Waals surface area contributed by atoms with Crippen LogP contribution < -0.4 is 21.7 Å². The van der Waals surface area contributed by atoms with Crippen LogP contribution in [0.15, 0.2) is 55.1 Å². The van der Waals surface area contributed by atoms with Gasteiger partial charge in [-0.3, -0.25) is 9.36 Å². The summed E-state index contributed by atoms with van der Waals surface area (Å²) in [5, 5.41) is 7.11. The minimum absolute atomic E-state index is 0.0670. The van der Waals surface area contributed by atoms with Crippen LogP contribution in [0.2, 0.25) is 5.02 Å². The van der Waals surface area contributed by atoms with Crippen LogP contribution in [0.1, 0.15) is 19.4 Å². The predicted octanol–water partition coefficient (Wildman–Crippen LogP) is 5.05. The average molecular weight is 547 g/mol. The lowest BCUT2D eigenvalue weighted by atomic mass is 10.1. The summed E-state index contributed by atoms with van der Waals surface area (Å²) in [6.45, 7) is 3.66. The fraction of sp³-hybridized carbons (Fsp3) is 0.208. The quantitative estimate of drug-likeness (QED) is 0.267. The summed E-state index contributed by atoms with van der Waals surface area (Å²) in [6, 6.07) is 8.16. The van der Waals surface area contributed by atoms with Crippen molar-refractivity contribution < 1.29 is 22.8 Å². The van der Waals surface area contributed by atoms with Crippen molar-refractivity contribution in [1.29, 1.82) is 0 Å². The first-order chi connectivity index (χ1) is 17.9. The lowest BCUT2D eigenvalue weighted by Crippen LogP contribution is -2.40. The number of amides is 3. The highest BCUT2D eigenvalue weighted by Gasteiger charge is 2.33. The van der Waals surface area contributed by atoms with E-state index in [4.69, 9.17) is 17.3 Å². The van der Waals surface area contributed by atoms with Crippen LogP contribution in [0.4, 0.5) is 35.2 Å². The molecular formula is C24H22ClF3N8O2. The third-order valence-corrected chi connectivity index (χ3v) is 5.86. The van der Waals surface area contributed by atoms with Gasteiger partial charge in [-0.25, -0.2) is 19.7 Å². The number of anilines is 3. The van der Waals surface area contributed by atoms with E-state index in [1.807, 2.05) is 13.8 Å². The van der Waals surface area contributed by atoms with Crippen molar-refractivity contribution in [1.82, 2.24) is 19.5 Å². The van der Waals surface area contributed by atoms with Crippen LogP contribution >= 0.6 is 11.6 Å². The Morgan fingerprint density at radius 2 is 1.63 bits per heavy atom. The van der Waals surface area contributed by atoms with E-state index in [1.54, 1.807) is 28.8 Å². The van der Waals surface area contributed by atoms with E-state index in [1.165, 1.54) is 18.7 Å². The first-order valence-corrected chi connectivity index (χ1v) is 11.6. The van der Waals surface area contributed by atoms with Crippen molar-refractivity contribution in [2.24, 2.45) is 11.7 Å². The van der Waals surface area contributed by atoms with Gasteiger partial charge in [-0.15, -0.1) is 0 Å². The molecule has 0 aliphatic rings. The van der Waals surface area contributed by atoms with Gasteiger partial charge in [-0.1, -0.05) is 25.4 Å². The Labute approximate surface area is 219 Å². The predicted molar refractivity (Wildman–Crippen MR) is 137 cm³/mol. The van der Waals surface area contributed by atoms with Crippen LogP contribution in [0.5, 0.6) is 0 Å². The maximum atomic E-state index is 13.1. The minimum Gasteiger partial charge on any atom is -0.320 e. The molecule has 4 rings (SSSR count). The molecular weight excluding hydrogens is 525 g/mol. The third-order valence-electron chi connectivity index (χ3n) is 5.53. The number of rotatable bonds is 6. The second-order valence-electron chi connectivity index (χ2n) is 8.59. The average Bonchev–Trinajstić information content (AvgIpc) is 3.29. The number of halogens is 4. The zero-order chi connectivity index (χ0) is 27.6. The largest absolute Gasteiger partial charge is 0.417 e. The van der Waals surface area contributed by atoms with E-state index in [0.717, 1.165) is 12.1 Å². The van der Waals surface area contributed by atoms with Crippen LogP contribution in [0.25, 0.3) is 16.9 Å². The number of imidazole rings is 1. The molecule has 0 fully saturated rings. The highest BCUT2D eigenvalue weighted by atomic mass is 35.5. The van der Waals surface area contributed by atoms with Crippen LogP contribution in [0, 0.1) is 5.92 Å². The van der Waals surface area contributed by atoms with E-state index in [0.29, 0.717) is 22.5 Å². The third kappa shape index (κ3) is 5.84. The first-order valence-electron chi connectivity index (χ1n) is 11.2. The Morgan fingerprint density at radius 1 is 0.974 bits per heavy atom. The molecule has 2 aromatic carbocycles. The van der Waals surface area contributed by atoms with Gasteiger partial charge in [0.05, 0.1) is 16.6 Å². The van der Waals surface area contributed by atoms with Crippen LogP contribution in [0.3, 0.4) is 0 Å². The van der Waals surface area contributed by atoms with E-state index in [9.17, 15) is 22.8 Å². The molecule has 1 atom stereocenters. The van der Waals surface area contributed by atoms with Crippen molar-refractivity contribution >= 4 is 51.9 Å². The fourth-order valence-corrected chi connectivity index (χ4v) is 3.66. The molecule has 0 radical (unpaired) electrons. The molecule has 0 bridgehead atoms. The Hall–Kier alpha value is -4.23. The lowest BCUT2D eigenvalue weighted by Gasteiger charge is -2.14. The van der Waals surface area contributed by atoms with Crippen molar-refractivity contribution in [2.45, 2.75) is 26.1 Å². The molecule has 0 saturated heterocycles. The number of nitrogens with two attached hydrogens (primary N) is 1. The van der Waals surface area contributed by atoms with Gasteiger partial charge in [-0.2, -0.15) is 13.2 Å². The molecule has 2 heterocycles. The molecule has 3 amide bonds. The number of nitrogens with zero attached hydrogens (tertiary/aromatic N) is 4. The summed E-state index contributed by atoms with van der Waals surface area (Å²) in [5.74, 6) is -0.236. The lowest BCUT2D eigenvalue weighted by molar-refractivity contribution is -0.137. The highest BCUT2D eigenvalue weighted by molar-refractivity contribution is 6.31. The molecule has 198 valence electrons. The summed E-state index contributed by atoms with van der Waals surface area (Å²) >= 11 is 5.61. The van der Waals surface area contributed by atoms with E-state index >= 15 is 0 Å². The molecule has 0 unspecified atom stereocenters. The summed E-state index contributed by atoms with van der Waals surface area (Å²) in [7, 11) is 0. The first kappa shape index (κ1) is 26.8. The van der Waals surface area contributed by atoms with Gasteiger partial charge in [0.2, 0.25) is 5.91 Å². The number of hydrogen-bond acceptors (Lipinski definition) is 6. The second kappa shape index (κ2) is 10.6. The Bertz CT molecular complexity index is 1490. The molecule has 14 heteroatoms. The maximum Gasteiger partial charge on any atom is 0.417 e. The zero-order valence-electron chi connectivity index (χ0n) is 20.0. The molecule has 0 saturated carbocycles. The number of fused-ring (bicyclic) bond motifs is 1. The highest BCUT2D eigenvalue weighted by Crippen LogP contribution is 2.36. The zero-order valence-corrected chi connectivity index (χ0v) is 20.8. The minimum atomic E-state index is -4.66. The number of nitrogens with one attached hydrogen (secondary N) is 3. The number of carbonyl (C=O) groups is 2. The number of urea groups is 1. The van der Waals surface area contributed by atoms with E-state index < -0.39 is 34.7 Å². The molecule has 38 heavy (non-hydrogen) atoms. The Balaban J connectivity index is 1.47. The van der Waals surface area contributed by atoms with Gasteiger partial charge in [0, 0.05) is 17.1 Å². The molecule has 0 aliphatic heterocycles. The summed E-state index contributed by atoms with van der Waals surface area (Å²) in [5.41, 5.74) is 6.59. The smallest absolute Gasteiger partial charge is 0.320 e. The maximum absolute atomic E-state index is 13.1.